The third-order valence-electron chi connectivity index (χ3n) is 5.74. The van der Waals surface area contributed by atoms with Crippen LogP contribution in [-0.4, -0.2) is 59.3 Å². The zero-order valence-corrected chi connectivity index (χ0v) is 21.7. The van der Waals surface area contributed by atoms with Crippen LogP contribution in [0.2, 0.25) is 0 Å². The molecule has 10 heteroatoms. The second kappa shape index (κ2) is 12.4. The molecule has 0 amide bonds. The van der Waals surface area contributed by atoms with Gasteiger partial charge in [0, 0.05) is 31.4 Å². The predicted octanol–water partition coefficient (Wildman–Crippen LogP) is 3.92. The Labute approximate surface area is 210 Å². The van der Waals surface area contributed by atoms with E-state index in [9.17, 15) is 0 Å². The second-order valence-electron chi connectivity index (χ2n) is 7.96. The number of hydrogen-bond acceptors (Lipinski definition) is 6. The van der Waals surface area contributed by atoms with E-state index in [1.54, 1.807) is 6.26 Å². The summed E-state index contributed by atoms with van der Waals surface area (Å²) in [5.74, 6) is 3.69. The Kier molecular flexibility index (Phi) is 9.54. The summed E-state index contributed by atoms with van der Waals surface area (Å²) >= 11 is 1.83. The van der Waals surface area contributed by atoms with Gasteiger partial charge in [-0.15, -0.1) is 35.3 Å². The van der Waals surface area contributed by atoms with Gasteiger partial charge in [0.1, 0.15) is 5.82 Å². The fraction of sp³-hybridized carbons (Fsp3) is 0.500. The molecule has 3 aromatic rings. The van der Waals surface area contributed by atoms with Crippen molar-refractivity contribution in [1.82, 2.24) is 30.7 Å². The van der Waals surface area contributed by atoms with Gasteiger partial charge >= 0.3 is 0 Å². The number of rotatable bonds is 8. The molecule has 174 valence electrons. The highest BCUT2D eigenvalue weighted by Gasteiger charge is 2.25. The number of H-pyrrole nitrogens is 1. The first-order chi connectivity index (χ1) is 15.2. The molecule has 32 heavy (non-hydrogen) atoms. The number of aliphatic imine (C=N–C) groups is 1. The summed E-state index contributed by atoms with van der Waals surface area (Å²) in [6, 6.07) is 8.43. The molecule has 3 aromatic heterocycles. The monoisotopic (exact) mass is 569 g/mol. The van der Waals surface area contributed by atoms with Crippen LogP contribution in [0.4, 0.5) is 0 Å². The highest BCUT2D eigenvalue weighted by molar-refractivity contribution is 14.0. The van der Waals surface area contributed by atoms with E-state index in [0.29, 0.717) is 30.6 Å². The number of hydrogen-bond donors (Lipinski definition) is 3. The van der Waals surface area contributed by atoms with Crippen molar-refractivity contribution in [2.45, 2.75) is 32.2 Å². The van der Waals surface area contributed by atoms with Crippen LogP contribution in [0.3, 0.4) is 0 Å². The Balaban J connectivity index is 0.00000289. The highest BCUT2D eigenvalue weighted by atomic mass is 127. The first-order valence-corrected chi connectivity index (χ1v) is 11.8. The Morgan fingerprint density at radius 3 is 2.84 bits per heavy atom. The van der Waals surface area contributed by atoms with E-state index in [0.717, 1.165) is 37.3 Å². The number of thiophene rings is 1. The van der Waals surface area contributed by atoms with Crippen LogP contribution in [0.5, 0.6) is 0 Å². The fourth-order valence-electron chi connectivity index (χ4n) is 3.87. The van der Waals surface area contributed by atoms with Gasteiger partial charge < -0.3 is 15.1 Å². The van der Waals surface area contributed by atoms with Crippen LogP contribution >= 0.6 is 35.3 Å². The van der Waals surface area contributed by atoms with E-state index >= 15 is 0 Å². The Morgan fingerprint density at radius 2 is 2.16 bits per heavy atom. The largest absolute Gasteiger partial charge is 0.461 e. The topological polar surface area (TPSA) is 94.4 Å². The summed E-state index contributed by atoms with van der Waals surface area (Å²) in [6.07, 6.45) is 4.88. The molecule has 1 atom stereocenters. The van der Waals surface area contributed by atoms with Crippen LogP contribution in [-0.2, 0) is 6.42 Å². The molecule has 0 bridgehead atoms. The zero-order valence-electron chi connectivity index (χ0n) is 18.6. The van der Waals surface area contributed by atoms with Crippen molar-refractivity contribution >= 4 is 41.3 Å². The smallest absolute Gasteiger partial charge is 0.216 e. The van der Waals surface area contributed by atoms with Crippen LogP contribution in [0, 0.1) is 5.92 Å². The maximum atomic E-state index is 5.34. The molecule has 1 aliphatic heterocycles. The lowest BCUT2D eigenvalue weighted by molar-refractivity contribution is 0.140. The average Bonchev–Trinajstić information content (AvgIpc) is 3.56. The van der Waals surface area contributed by atoms with Gasteiger partial charge in [0.15, 0.2) is 11.7 Å². The van der Waals surface area contributed by atoms with Gasteiger partial charge in [-0.3, -0.25) is 15.0 Å². The standard InChI is InChI=1S/C22H31N7OS.HI/c1-16-8-11-29(12-9-16)17(19-6-4-14-31-19)15-25-22(23-2)24-10-7-20-26-21(28-27-20)18-5-3-13-30-18;/h3-6,13-14,16-17H,7-12,15H2,1-2H3,(H2,23,24,25)(H,26,27,28);1H. The molecule has 0 spiro atoms. The third kappa shape index (κ3) is 6.55. The number of furan rings is 1. The van der Waals surface area contributed by atoms with Gasteiger partial charge in [-0.05, 0) is 55.4 Å². The Bertz CT molecular complexity index is 934. The third-order valence-corrected chi connectivity index (χ3v) is 6.72. The van der Waals surface area contributed by atoms with E-state index in [1.807, 2.05) is 30.5 Å². The summed E-state index contributed by atoms with van der Waals surface area (Å²) < 4.78 is 5.34. The molecule has 4 heterocycles. The molecule has 8 nitrogen and oxygen atoms in total. The summed E-state index contributed by atoms with van der Waals surface area (Å²) in [7, 11) is 1.81. The average molecular weight is 570 g/mol. The molecule has 1 saturated heterocycles. The number of piperidine rings is 1. The maximum absolute atomic E-state index is 5.34. The SMILES string of the molecule is CN=C(NCCc1nc(-c2ccco2)n[nH]1)NCC(c1cccs1)N1CCC(C)CC1.I. The molecule has 4 rings (SSSR count). The van der Waals surface area contributed by atoms with Crippen molar-refractivity contribution in [1.29, 1.82) is 0 Å². The number of aromatic nitrogens is 3. The van der Waals surface area contributed by atoms with E-state index in [4.69, 9.17) is 4.42 Å². The van der Waals surface area contributed by atoms with Crippen molar-refractivity contribution in [3.63, 3.8) is 0 Å². The summed E-state index contributed by atoms with van der Waals surface area (Å²) in [5.41, 5.74) is 0. The van der Waals surface area contributed by atoms with Gasteiger partial charge in [0.05, 0.1) is 12.3 Å². The first kappa shape index (κ1) is 24.7. The van der Waals surface area contributed by atoms with Crippen LogP contribution in [0.15, 0.2) is 45.3 Å². The lowest BCUT2D eigenvalue weighted by Gasteiger charge is -2.36. The number of aromatic amines is 1. The number of likely N-dealkylation sites (tertiary alicyclic amines) is 1. The number of nitrogens with one attached hydrogen (secondary N) is 3. The lowest BCUT2D eigenvalue weighted by atomic mass is 9.97. The minimum atomic E-state index is 0. The van der Waals surface area contributed by atoms with Crippen molar-refractivity contribution < 1.29 is 4.42 Å². The molecule has 0 aromatic carbocycles. The Morgan fingerprint density at radius 1 is 1.31 bits per heavy atom. The number of nitrogens with zero attached hydrogens (tertiary/aromatic N) is 4. The maximum Gasteiger partial charge on any atom is 0.216 e. The fourth-order valence-corrected chi connectivity index (χ4v) is 4.73. The predicted molar refractivity (Wildman–Crippen MR) is 140 cm³/mol. The van der Waals surface area contributed by atoms with Crippen molar-refractivity contribution in [3.8, 4) is 11.6 Å². The molecule has 0 aliphatic carbocycles. The van der Waals surface area contributed by atoms with Crippen LogP contribution in [0.1, 0.15) is 36.5 Å². The van der Waals surface area contributed by atoms with E-state index < -0.39 is 0 Å². The van der Waals surface area contributed by atoms with Crippen molar-refractivity contribution in [2.24, 2.45) is 10.9 Å². The lowest BCUT2D eigenvalue weighted by Crippen LogP contribution is -2.45. The molecule has 0 saturated carbocycles. The minimum Gasteiger partial charge on any atom is -0.461 e. The highest BCUT2D eigenvalue weighted by Crippen LogP contribution is 2.29. The normalized spacial score (nSPS) is 16.5. The van der Waals surface area contributed by atoms with Gasteiger partial charge in [0.25, 0.3) is 0 Å². The summed E-state index contributed by atoms with van der Waals surface area (Å²) in [4.78, 5) is 12.9. The molecule has 1 fully saturated rings. The van der Waals surface area contributed by atoms with Crippen LogP contribution in [0.25, 0.3) is 11.6 Å². The second-order valence-corrected chi connectivity index (χ2v) is 8.94. The van der Waals surface area contributed by atoms with Crippen molar-refractivity contribution in [2.75, 3.05) is 33.2 Å². The number of halogens is 1. The van der Waals surface area contributed by atoms with Crippen LogP contribution < -0.4 is 10.6 Å². The van der Waals surface area contributed by atoms with Gasteiger partial charge in [-0.25, -0.2) is 4.98 Å². The molecular formula is C22H32IN7OS. The van der Waals surface area contributed by atoms with E-state index in [-0.39, 0.29) is 24.0 Å². The quantitative estimate of drug-likeness (QED) is 0.216. The van der Waals surface area contributed by atoms with Crippen molar-refractivity contribution in [3.05, 3.63) is 46.6 Å². The van der Waals surface area contributed by atoms with Gasteiger partial charge in [0.2, 0.25) is 5.82 Å². The molecule has 1 aliphatic rings. The zero-order chi connectivity index (χ0) is 21.5. The molecule has 1 unspecified atom stereocenters. The van der Waals surface area contributed by atoms with E-state index in [2.05, 4.69) is 60.1 Å². The summed E-state index contributed by atoms with van der Waals surface area (Å²) in [5, 5.41) is 16.3. The molecule has 3 N–H and O–H groups in total. The minimum absolute atomic E-state index is 0. The number of guanidine groups is 1. The summed E-state index contributed by atoms with van der Waals surface area (Å²) in [6.45, 7) is 6.20. The van der Waals surface area contributed by atoms with E-state index in [1.165, 1.54) is 17.7 Å². The molecule has 0 radical (unpaired) electrons. The first-order valence-electron chi connectivity index (χ1n) is 10.9. The Hall–Kier alpha value is -1.92. The van der Waals surface area contributed by atoms with Gasteiger partial charge in [-0.2, -0.15) is 5.10 Å². The van der Waals surface area contributed by atoms with Gasteiger partial charge in [-0.1, -0.05) is 13.0 Å². The molecular weight excluding hydrogens is 537 g/mol.